The molecule has 1 aromatic rings. The number of carbonyl (C=O) groups is 1. The average molecular weight is 296 g/mol. The SMILES string of the molecule is CCN(CC)C(=O)C1CC(c2cc(F)ccc2F)CCN1. The van der Waals surface area contributed by atoms with E-state index in [9.17, 15) is 13.6 Å². The fourth-order valence-corrected chi connectivity index (χ4v) is 2.97. The van der Waals surface area contributed by atoms with Gasteiger partial charge in [0.15, 0.2) is 0 Å². The van der Waals surface area contributed by atoms with E-state index < -0.39 is 11.6 Å². The molecule has 0 spiro atoms. The molecule has 1 aromatic carbocycles. The monoisotopic (exact) mass is 296 g/mol. The van der Waals surface area contributed by atoms with Gasteiger partial charge in [0.2, 0.25) is 5.91 Å². The number of nitrogens with one attached hydrogen (secondary N) is 1. The Balaban J connectivity index is 2.13. The molecule has 1 heterocycles. The Bertz CT molecular complexity index is 503. The Morgan fingerprint density at radius 2 is 2.05 bits per heavy atom. The Labute approximate surface area is 124 Å². The Hall–Kier alpha value is -1.49. The van der Waals surface area contributed by atoms with Gasteiger partial charge in [-0.15, -0.1) is 0 Å². The van der Waals surface area contributed by atoms with Crippen LogP contribution in [0.3, 0.4) is 0 Å². The van der Waals surface area contributed by atoms with Crippen LogP contribution >= 0.6 is 0 Å². The van der Waals surface area contributed by atoms with Crippen LogP contribution in [0.4, 0.5) is 8.78 Å². The summed E-state index contributed by atoms with van der Waals surface area (Å²) in [6, 6.07) is 3.22. The average Bonchev–Trinajstić information content (AvgIpc) is 2.51. The Morgan fingerprint density at radius 1 is 1.33 bits per heavy atom. The van der Waals surface area contributed by atoms with Gasteiger partial charge < -0.3 is 10.2 Å². The summed E-state index contributed by atoms with van der Waals surface area (Å²) in [5.41, 5.74) is 0.383. The molecule has 0 radical (unpaired) electrons. The van der Waals surface area contributed by atoms with Gasteiger partial charge in [0.1, 0.15) is 11.6 Å². The van der Waals surface area contributed by atoms with Crippen molar-refractivity contribution in [3.63, 3.8) is 0 Å². The van der Waals surface area contributed by atoms with E-state index in [2.05, 4.69) is 5.32 Å². The summed E-state index contributed by atoms with van der Waals surface area (Å²) >= 11 is 0. The summed E-state index contributed by atoms with van der Waals surface area (Å²) < 4.78 is 27.2. The third kappa shape index (κ3) is 3.59. The first-order chi connectivity index (χ1) is 10.1. The summed E-state index contributed by atoms with van der Waals surface area (Å²) in [7, 11) is 0. The van der Waals surface area contributed by atoms with E-state index in [0.29, 0.717) is 38.0 Å². The van der Waals surface area contributed by atoms with Crippen molar-refractivity contribution in [2.24, 2.45) is 0 Å². The van der Waals surface area contributed by atoms with Gasteiger partial charge in [0, 0.05) is 13.1 Å². The highest BCUT2D eigenvalue weighted by Crippen LogP contribution is 2.30. The molecule has 1 aliphatic rings. The number of halogens is 2. The number of hydrogen-bond donors (Lipinski definition) is 1. The largest absolute Gasteiger partial charge is 0.342 e. The van der Waals surface area contributed by atoms with Crippen LogP contribution in [0, 0.1) is 11.6 Å². The maximum absolute atomic E-state index is 13.9. The summed E-state index contributed by atoms with van der Waals surface area (Å²) in [6.07, 6.45) is 1.22. The van der Waals surface area contributed by atoms with Crippen LogP contribution in [0.5, 0.6) is 0 Å². The van der Waals surface area contributed by atoms with E-state index in [-0.39, 0.29) is 17.9 Å². The summed E-state index contributed by atoms with van der Waals surface area (Å²) in [5, 5.41) is 3.19. The van der Waals surface area contributed by atoms with Crippen molar-refractivity contribution in [3.8, 4) is 0 Å². The van der Waals surface area contributed by atoms with Gasteiger partial charge in [-0.25, -0.2) is 8.78 Å². The molecule has 21 heavy (non-hydrogen) atoms. The van der Waals surface area contributed by atoms with Crippen LogP contribution in [0.25, 0.3) is 0 Å². The molecular weight excluding hydrogens is 274 g/mol. The fourth-order valence-electron chi connectivity index (χ4n) is 2.97. The van der Waals surface area contributed by atoms with E-state index in [1.165, 1.54) is 6.07 Å². The minimum absolute atomic E-state index is 0.0431. The molecular formula is C16H22F2N2O. The zero-order valence-electron chi connectivity index (χ0n) is 12.5. The molecule has 1 fully saturated rings. The van der Waals surface area contributed by atoms with Crippen LogP contribution in [0.1, 0.15) is 38.2 Å². The minimum Gasteiger partial charge on any atom is -0.342 e. The zero-order valence-corrected chi connectivity index (χ0v) is 12.5. The van der Waals surface area contributed by atoms with Crippen LogP contribution in [-0.2, 0) is 4.79 Å². The number of amides is 1. The van der Waals surface area contributed by atoms with Gasteiger partial charge in [0.25, 0.3) is 0 Å². The van der Waals surface area contributed by atoms with Crippen molar-refractivity contribution in [3.05, 3.63) is 35.4 Å². The van der Waals surface area contributed by atoms with Crippen molar-refractivity contribution in [2.45, 2.75) is 38.6 Å². The van der Waals surface area contributed by atoms with Gasteiger partial charge in [-0.1, -0.05) is 0 Å². The molecule has 2 unspecified atom stereocenters. The van der Waals surface area contributed by atoms with E-state index in [1.807, 2.05) is 13.8 Å². The van der Waals surface area contributed by atoms with E-state index in [4.69, 9.17) is 0 Å². The summed E-state index contributed by atoms with van der Waals surface area (Å²) in [6.45, 7) is 5.83. The second-order valence-electron chi connectivity index (χ2n) is 5.40. The first kappa shape index (κ1) is 15.9. The third-order valence-electron chi connectivity index (χ3n) is 4.17. The van der Waals surface area contributed by atoms with Crippen molar-refractivity contribution in [1.29, 1.82) is 0 Å². The standard InChI is InChI=1S/C16H22F2N2O/c1-3-20(4-2)16(21)15-9-11(7-8-19-15)13-10-12(17)5-6-14(13)18/h5-6,10-11,15,19H,3-4,7-9H2,1-2H3. The van der Waals surface area contributed by atoms with E-state index >= 15 is 0 Å². The minimum atomic E-state index is -0.434. The molecule has 0 saturated carbocycles. The number of nitrogens with zero attached hydrogens (tertiary/aromatic N) is 1. The lowest BCUT2D eigenvalue weighted by atomic mass is 9.85. The molecule has 3 nitrogen and oxygen atoms in total. The molecule has 2 atom stereocenters. The van der Waals surface area contributed by atoms with Crippen molar-refractivity contribution in [2.75, 3.05) is 19.6 Å². The Kier molecular flexibility index (Phi) is 5.28. The van der Waals surface area contributed by atoms with Crippen molar-refractivity contribution < 1.29 is 13.6 Å². The highest BCUT2D eigenvalue weighted by Gasteiger charge is 2.31. The predicted octanol–water partition coefficient (Wildman–Crippen LogP) is 2.67. The molecule has 1 aliphatic heterocycles. The molecule has 1 saturated heterocycles. The number of likely N-dealkylation sites (N-methyl/N-ethyl adjacent to an activating group) is 1. The zero-order chi connectivity index (χ0) is 15.4. The number of piperidine rings is 1. The van der Waals surface area contributed by atoms with Gasteiger partial charge in [-0.2, -0.15) is 0 Å². The van der Waals surface area contributed by atoms with Crippen molar-refractivity contribution in [1.82, 2.24) is 10.2 Å². The second-order valence-corrected chi connectivity index (χ2v) is 5.40. The van der Waals surface area contributed by atoms with Crippen LogP contribution < -0.4 is 5.32 Å². The van der Waals surface area contributed by atoms with E-state index in [0.717, 1.165) is 12.1 Å². The first-order valence-electron chi connectivity index (χ1n) is 7.53. The second kappa shape index (κ2) is 6.98. The maximum Gasteiger partial charge on any atom is 0.239 e. The van der Waals surface area contributed by atoms with Crippen LogP contribution in [-0.4, -0.2) is 36.5 Å². The lowest BCUT2D eigenvalue weighted by Gasteiger charge is -2.33. The highest BCUT2D eigenvalue weighted by molar-refractivity contribution is 5.82. The van der Waals surface area contributed by atoms with Gasteiger partial charge in [0.05, 0.1) is 6.04 Å². The lowest BCUT2D eigenvalue weighted by molar-refractivity contribution is -0.133. The molecule has 1 amide bonds. The highest BCUT2D eigenvalue weighted by atomic mass is 19.1. The van der Waals surface area contributed by atoms with Gasteiger partial charge in [-0.05, 0) is 62.9 Å². The van der Waals surface area contributed by atoms with Gasteiger partial charge >= 0.3 is 0 Å². The number of benzene rings is 1. The number of carbonyl (C=O) groups excluding carboxylic acids is 1. The smallest absolute Gasteiger partial charge is 0.239 e. The quantitative estimate of drug-likeness (QED) is 0.926. The van der Waals surface area contributed by atoms with E-state index in [1.54, 1.807) is 4.90 Å². The maximum atomic E-state index is 13.9. The normalized spacial score (nSPS) is 22.1. The van der Waals surface area contributed by atoms with Gasteiger partial charge in [-0.3, -0.25) is 4.79 Å². The number of rotatable bonds is 4. The molecule has 0 aliphatic carbocycles. The molecule has 0 bridgehead atoms. The molecule has 2 rings (SSSR count). The predicted molar refractivity (Wildman–Crippen MR) is 78.1 cm³/mol. The van der Waals surface area contributed by atoms with Crippen molar-refractivity contribution >= 4 is 5.91 Å². The summed E-state index contributed by atoms with van der Waals surface area (Å²) in [5.74, 6) is -0.901. The molecule has 5 heteroatoms. The van der Waals surface area contributed by atoms with Crippen LogP contribution in [0.15, 0.2) is 18.2 Å². The fraction of sp³-hybridized carbons (Fsp3) is 0.562. The molecule has 116 valence electrons. The topological polar surface area (TPSA) is 32.3 Å². The lowest BCUT2D eigenvalue weighted by Crippen LogP contribution is -2.49. The summed E-state index contributed by atoms with van der Waals surface area (Å²) in [4.78, 5) is 14.2. The third-order valence-corrected chi connectivity index (χ3v) is 4.17. The number of hydrogen-bond acceptors (Lipinski definition) is 2. The Morgan fingerprint density at radius 3 is 2.71 bits per heavy atom. The van der Waals surface area contributed by atoms with Crippen LogP contribution in [0.2, 0.25) is 0 Å². The molecule has 1 N–H and O–H groups in total. The first-order valence-corrected chi connectivity index (χ1v) is 7.53. The molecule has 0 aromatic heterocycles.